The standard InChI is InChI=1S/C18H24N4O3/c1-2-25-18(24)22-12-10-21(11-13-22)9-5-8-16-19-15-7-4-3-6-14(15)17(23)20-16/h3-4,6-7H,2,5,8-13H2,1H3,(H,19,20,23). The first-order valence-electron chi connectivity index (χ1n) is 8.79. The molecular formula is C18H24N4O3. The van der Waals surface area contributed by atoms with Crippen LogP contribution in [0, 0.1) is 0 Å². The highest BCUT2D eigenvalue weighted by molar-refractivity contribution is 5.77. The molecule has 1 fully saturated rings. The molecule has 0 aliphatic carbocycles. The molecule has 1 amide bonds. The third kappa shape index (κ3) is 4.36. The molecule has 0 unspecified atom stereocenters. The molecule has 1 aliphatic heterocycles. The van der Waals surface area contributed by atoms with Crippen LogP contribution in [0.25, 0.3) is 10.9 Å². The number of ether oxygens (including phenoxy) is 1. The normalized spacial score (nSPS) is 15.5. The second-order valence-electron chi connectivity index (χ2n) is 6.16. The fourth-order valence-electron chi connectivity index (χ4n) is 3.09. The molecule has 25 heavy (non-hydrogen) atoms. The van der Waals surface area contributed by atoms with Gasteiger partial charge in [0.25, 0.3) is 5.56 Å². The number of para-hydroxylation sites is 1. The largest absolute Gasteiger partial charge is 0.450 e. The number of carbonyl (C=O) groups excluding carboxylic acids is 1. The molecule has 7 nitrogen and oxygen atoms in total. The average Bonchev–Trinajstić information content (AvgIpc) is 2.62. The number of piperazine rings is 1. The van der Waals surface area contributed by atoms with Crippen LogP contribution >= 0.6 is 0 Å². The van der Waals surface area contributed by atoms with Crippen LogP contribution in [-0.4, -0.2) is 65.2 Å². The number of fused-ring (bicyclic) bond motifs is 1. The lowest BCUT2D eigenvalue weighted by atomic mass is 10.2. The van der Waals surface area contributed by atoms with Crippen LogP contribution in [-0.2, 0) is 11.2 Å². The summed E-state index contributed by atoms with van der Waals surface area (Å²) in [5.41, 5.74) is 0.660. The van der Waals surface area contributed by atoms with Crippen LogP contribution in [0.1, 0.15) is 19.2 Å². The summed E-state index contributed by atoms with van der Waals surface area (Å²) in [6, 6.07) is 7.38. The van der Waals surface area contributed by atoms with E-state index < -0.39 is 0 Å². The van der Waals surface area contributed by atoms with Crippen LogP contribution < -0.4 is 5.56 Å². The highest BCUT2D eigenvalue weighted by atomic mass is 16.6. The number of hydrogen-bond acceptors (Lipinski definition) is 5. The van der Waals surface area contributed by atoms with Gasteiger partial charge in [-0.2, -0.15) is 0 Å². The molecule has 134 valence electrons. The van der Waals surface area contributed by atoms with Crippen LogP contribution in [0.4, 0.5) is 4.79 Å². The number of nitrogens with zero attached hydrogens (tertiary/aromatic N) is 3. The van der Waals surface area contributed by atoms with Gasteiger partial charge in [0.1, 0.15) is 5.82 Å². The van der Waals surface area contributed by atoms with Gasteiger partial charge >= 0.3 is 6.09 Å². The molecule has 0 atom stereocenters. The molecule has 1 aromatic carbocycles. The number of benzene rings is 1. The van der Waals surface area contributed by atoms with Crippen molar-refractivity contribution in [1.82, 2.24) is 19.8 Å². The summed E-state index contributed by atoms with van der Waals surface area (Å²) in [5.74, 6) is 0.730. The van der Waals surface area contributed by atoms with Gasteiger partial charge < -0.3 is 14.6 Å². The van der Waals surface area contributed by atoms with Crippen LogP contribution in [0.5, 0.6) is 0 Å². The van der Waals surface area contributed by atoms with E-state index in [2.05, 4.69) is 14.9 Å². The van der Waals surface area contributed by atoms with E-state index in [1.165, 1.54) is 0 Å². The van der Waals surface area contributed by atoms with Crippen molar-refractivity contribution >= 4 is 17.0 Å². The van der Waals surface area contributed by atoms with Crippen molar-refractivity contribution in [2.75, 3.05) is 39.3 Å². The number of aryl methyl sites for hydroxylation is 1. The molecule has 7 heteroatoms. The van der Waals surface area contributed by atoms with Gasteiger partial charge in [0.05, 0.1) is 17.5 Å². The Kier molecular flexibility index (Phi) is 5.65. The fraction of sp³-hybridized carbons (Fsp3) is 0.500. The first-order valence-corrected chi connectivity index (χ1v) is 8.79. The molecule has 0 radical (unpaired) electrons. The number of amides is 1. The minimum Gasteiger partial charge on any atom is -0.450 e. The number of rotatable bonds is 5. The Morgan fingerprint density at radius 1 is 1.24 bits per heavy atom. The van der Waals surface area contributed by atoms with Crippen molar-refractivity contribution in [3.8, 4) is 0 Å². The third-order valence-electron chi connectivity index (χ3n) is 4.45. The highest BCUT2D eigenvalue weighted by Crippen LogP contribution is 2.08. The maximum Gasteiger partial charge on any atom is 0.409 e. The summed E-state index contributed by atoms with van der Waals surface area (Å²) in [7, 11) is 0. The average molecular weight is 344 g/mol. The van der Waals surface area contributed by atoms with Gasteiger partial charge in [0.15, 0.2) is 0 Å². The number of aromatic nitrogens is 2. The summed E-state index contributed by atoms with van der Waals surface area (Å²) in [4.78, 5) is 35.2. The van der Waals surface area contributed by atoms with Gasteiger partial charge in [-0.3, -0.25) is 9.69 Å². The van der Waals surface area contributed by atoms with Crippen molar-refractivity contribution in [1.29, 1.82) is 0 Å². The van der Waals surface area contributed by atoms with Crippen molar-refractivity contribution < 1.29 is 9.53 Å². The Hall–Kier alpha value is -2.41. The quantitative estimate of drug-likeness (QED) is 0.892. The van der Waals surface area contributed by atoms with E-state index >= 15 is 0 Å². The fourth-order valence-corrected chi connectivity index (χ4v) is 3.09. The molecule has 0 saturated carbocycles. The molecule has 0 bridgehead atoms. The SMILES string of the molecule is CCOC(=O)N1CCN(CCCc2nc3ccccc3c(=O)[nH]2)CC1. The number of H-pyrrole nitrogens is 1. The zero-order valence-corrected chi connectivity index (χ0v) is 14.5. The van der Waals surface area contributed by atoms with E-state index in [1.807, 2.05) is 25.1 Å². The van der Waals surface area contributed by atoms with E-state index in [-0.39, 0.29) is 11.7 Å². The predicted molar refractivity (Wildman–Crippen MR) is 95.7 cm³/mol. The Morgan fingerprint density at radius 2 is 2.00 bits per heavy atom. The molecule has 2 heterocycles. The Balaban J connectivity index is 1.48. The van der Waals surface area contributed by atoms with Gasteiger partial charge in [-0.1, -0.05) is 12.1 Å². The van der Waals surface area contributed by atoms with E-state index in [1.54, 1.807) is 11.0 Å². The third-order valence-corrected chi connectivity index (χ3v) is 4.45. The van der Waals surface area contributed by atoms with Gasteiger partial charge in [0.2, 0.25) is 0 Å². The summed E-state index contributed by atoms with van der Waals surface area (Å²) < 4.78 is 5.03. The van der Waals surface area contributed by atoms with Gasteiger partial charge in [-0.25, -0.2) is 9.78 Å². The van der Waals surface area contributed by atoms with E-state index in [9.17, 15) is 9.59 Å². The van der Waals surface area contributed by atoms with Gasteiger partial charge in [-0.05, 0) is 32.0 Å². The molecule has 1 saturated heterocycles. The molecule has 1 aromatic heterocycles. The predicted octanol–water partition coefficient (Wildman–Crippen LogP) is 1.63. The first kappa shape index (κ1) is 17.4. The van der Waals surface area contributed by atoms with Crippen molar-refractivity contribution in [2.45, 2.75) is 19.8 Å². The second kappa shape index (κ2) is 8.11. The molecular weight excluding hydrogens is 320 g/mol. The van der Waals surface area contributed by atoms with E-state index in [4.69, 9.17) is 4.74 Å². The van der Waals surface area contributed by atoms with E-state index in [0.717, 1.165) is 43.8 Å². The lowest BCUT2D eigenvalue weighted by Gasteiger charge is -2.33. The summed E-state index contributed by atoms with van der Waals surface area (Å²) >= 11 is 0. The Morgan fingerprint density at radius 3 is 2.76 bits per heavy atom. The maximum absolute atomic E-state index is 12.1. The van der Waals surface area contributed by atoms with E-state index in [0.29, 0.717) is 25.1 Å². The lowest BCUT2D eigenvalue weighted by Crippen LogP contribution is -2.49. The summed E-state index contributed by atoms with van der Waals surface area (Å²) in [5, 5.41) is 0.626. The van der Waals surface area contributed by atoms with Gasteiger partial charge in [-0.15, -0.1) is 0 Å². The Labute approximate surface area is 146 Å². The minimum atomic E-state index is -0.222. The minimum absolute atomic E-state index is 0.0800. The number of carbonyl (C=O) groups is 1. The number of hydrogen-bond donors (Lipinski definition) is 1. The van der Waals surface area contributed by atoms with Crippen molar-refractivity contribution in [2.24, 2.45) is 0 Å². The second-order valence-corrected chi connectivity index (χ2v) is 6.16. The molecule has 3 rings (SSSR count). The maximum atomic E-state index is 12.1. The zero-order valence-electron chi connectivity index (χ0n) is 14.5. The van der Waals surface area contributed by atoms with Crippen molar-refractivity contribution in [3.05, 3.63) is 40.4 Å². The zero-order chi connectivity index (χ0) is 17.6. The molecule has 1 N–H and O–H groups in total. The molecule has 0 spiro atoms. The van der Waals surface area contributed by atoms with Crippen LogP contribution in [0.3, 0.4) is 0 Å². The summed E-state index contributed by atoms with van der Waals surface area (Å²) in [6.45, 7) is 6.25. The highest BCUT2D eigenvalue weighted by Gasteiger charge is 2.21. The Bertz CT molecular complexity index is 781. The van der Waals surface area contributed by atoms with Gasteiger partial charge in [0, 0.05) is 32.6 Å². The summed E-state index contributed by atoms with van der Waals surface area (Å²) in [6.07, 6.45) is 1.43. The number of aromatic amines is 1. The molecule has 1 aliphatic rings. The monoisotopic (exact) mass is 344 g/mol. The smallest absolute Gasteiger partial charge is 0.409 e. The van der Waals surface area contributed by atoms with Crippen molar-refractivity contribution in [3.63, 3.8) is 0 Å². The lowest BCUT2D eigenvalue weighted by molar-refractivity contribution is 0.0794. The number of nitrogens with one attached hydrogen (secondary N) is 1. The van der Waals surface area contributed by atoms with Crippen LogP contribution in [0.15, 0.2) is 29.1 Å². The van der Waals surface area contributed by atoms with Crippen LogP contribution in [0.2, 0.25) is 0 Å². The first-order chi connectivity index (χ1) is 12.2. The molecule has 2 aromatic rings. The topological polar surface area (TPSA) is 78.5 Å².